The molecule has 1 fully saturated rings. The van der Waals surface area contributed by atoms with Crippen LogP contribution in [0, 0.1) is 5.92 Å². The zero-order valence-electron chi connectivity index (χ0n) is 11.1. The van der Waals surface area contributed by atoms with Crippen LogP contribution in [-0.2, 0) is 10.0 Å². The van der Waals surface area contributed by atoms with Crippen molar-refractivity contribution in [3.63, 3.8) is 0 Å². The van der Waals surface area contributed by atoms with Gasteiger partial charge in [0.2, 0.25) is 10.0 Å². The monoisotopic (exact) mass is 297 g/mol. The summed E-state index contributed by atoms with van der Waals surface area (Å²) >= 11 is 0. The smallest absolute Gasteiger partial charge is 0.251 e. The SMILES string of the molecule is NS(=O)(=O)c1ccc(C(=O)NCC2CCNCC2)cc1. The van der Waals surface area contributed by atoms with Gasteiger partial charge >= 0.3 is 0 Å². The highest BCUT2D eigenvalue weighted by Gasteiger charge is 2.15. The third kappa shape index (κ3) is 4.03. The van der Waals surface area contributed by atoms with Gasteiger partial charge < -0.3 is 10.6 Å². The van der Waals surface area contributed by atoms with Gasteiger partial charge in [-0.25, -0.2) is 13.6 Å². The fourth-order valence-electron chi connectivity index (χ4n) is 2.22. The van der Waals surface area contributed by atoms with E-state index in [2.05, 4.69) is 10.6 Å². The summed E-state index contributed by atoms with van der Waals surface area (Å²) in [5.74, 6) is 0.313. The number of hydrogen-bond acceptors (Lipinski definition) is 4. The van der Waals surface area contributed by atoms with Crippen LogP contribution in [-0.4, -0.2) is 34.0 Å². The normalized spacial score (nSPS) is 16.9. The second kappa shape index (κ2) is 6.34. The van der Waals surface area contributed by atoms with Crippen molar-refractivity contribution < 1.29 is 13.2 Å². The number of nitrogens with two attached hydrogens (primary N) is 1. The van der Waals surface area contributed by atoms with Crippen LogP contribution in [0.25, 0.3) is 0 Å². The molecule has 1 saturated heterocycles. The van der Waals surface area contributed by atoms with E-state index < -0.39 is 10.0 Å². The molecule has 1 heterocycles. The Morgan fingerprint density at radius 2 is 1.85 bits per heavy atom. The van der Waals surface area contributed by atoms with Gasteiger partial charge in [0.05, 0.1) is 4.90 Å². The summed E-state index contributed by atoms with van der Waals surface area (Å²) in [6.07, 6.45) is 2.12. The van der Waals surface area contributed by atoms with E-state index >= 15 is 0 Å². The highest BCUT2D eigenvalue weighted by molar-refractivity contribution is 7.89. The molecule has 6 nitrogen and oxygen atoms in total. The summed E-state index contributed by atoms with van der Waals surface area (Å²) in [6, 6.07) is 5.62. The summed E-state index contributed by atoms with van der Waals surface area (Å²) < 4.78 is 22.2. The molecule has 4 N–H and O–H groups in total. The van der Waals surface area contributed by atoms with Gasteiger partial charge in [0.25, 0.3) is 5.91 Å². The zero-order valence-corrected chi connectivity index (χ0v) is 11.9. The fraction of sp³-hybridized carbons (Fsp3) is 0.462. The minimum absolute atomic E-state index is 0.00686. The van der Waals surface area contributed by atoms with Gasteiger partial charge in [0.15, 0.2) is 0 Å². The number of nitrogens with one attached hydrogen (secondary N) is 2. The van der Waals surface area contributed by atoms with Gasteiger partial charge in [-0.15, -0.1) is 0 Å². The third-order valence-electron chi connectivity index (χ3n) is 3.46. The molecule has 0 unspecified atom stereocenters. The van der Waals surface area contributed by atoms with Crippen molar-refractivity contribution in [1.29, 1.82) is 0 Å². The van der Waals surface area contributed by atoms with Gasteiger partial charge in [-0.2, -0.15) is 0 Å². The van der Waals surface area contributed by atoms with Crippen molar-refractivity contribution in [3.05, 3.63) is 29.8 Å². The molecular formula is C13H19N3O3S. The van der Waals surface area contributed by atoms with Crippen LogP contribution in [0.4, 0.5) is 0 Å². The molecule has 0 atom stereocenters. The van der Waals surface area contributed by atoms with E-state index in [0.29, 0.717) is 18.0 Å². The Morgan fingerprint density at radius 1 is 1.25 bits per heavy atom. The van der Waals surface area contributed by atoms with Crippen molar-refractivity contribution in [1.82, 2.24) is 10.6 Å². The minimum Gasteiger partial charge on any atom is -0.352 e. The molecule has 0 aliphatic carbocycles. The summed E-state index contributed by atoms with van der Waals surface area (Å²) in [7, 11) is -3.71. The molecule has 0 bridgehead atoms. The highest BCUT2D eigenvalue weighted by Crippen LogP contribution is 2.11. The maximum absolute atomic E-state index is 11.9. The number of hydrogen-bond donors (Lipinski definition) is 3. The van der Waals surface area contributed by atoms with E-state index in [-0.39, 0.29) is 10.8 Å². The van der Waals surface area contributed by atoms with Crippen LogP contribution < -0.4 is 15.8 Å². The maximum Gasteiger partial charge on any atom is 0.251 e. The van der Waals surface area contributed by atoms with Crippen molar-refractivity contribution in [2.45, 2.75) is 17.7 Å². The topological polar surface area (TPSA) is 101 Å². The molecule has 2 rings (SSSR count). The molecule has 1 aliphatic heterocycles. The van der Waals surface area contributed by atoms with E-state index in [4.69, 9.17) is 5.14 Å². The summed E-state index contributed by atoms with van der Waals surface area (Å²) in [5, 5.41) is 11.2. The molecule has 0 aromatic heterocycles. The first-order valence-electron chi connectivity index (χ1n) is 6.58. The summed E-state index contributed by atoms with van der Waals surface area (Å²) in [4.78, 5) is 11.9. The molecule has 110 valence electrons. The number of amides is 1. The van der Waals surface area contributed by atoms with E-state index in [1.54, 1.807) is 0 Å². The second-order valence-electron chi connectivity index (χ2n) is 4.97. The molecule has 7 heteroatoms. The first-order valence-corrected chi connectivity index (χ1v) is 8.13. The van der Waals surface area contributed by atoms with Crippen molar-refractivity contribution >= 4 is 15.9 Å². The Hall–Kier alpha value is -1.44. The van der Waals surface area contributed by atoms with E-state index in [9.17, 15) is 13.2 Å². The van der Waals surface area contributed by atoms with Gasteiger partial charge in [0, 0.05) is 12.1 Å². The predicted octanol–water partition coefficient (Wildman–Crippen LogP) is 0.0634. The van der Waals surface area contributed by atoms with Crippen LogP contribution in [0.2, 0.25) is 0 Å². The molecular weight excluding hydrogens is 278 g/mol. The van der Waals surface area contributed by atoms with E-state index in [1.807, 2.05) is 0 Å². The molecule has 1 aromatic rings. The Balaban J connectivity index is 1.92. The number of carbonyl (C=O) groups is 1. The molecule has 20 heavy (non-hydrogen) atoms. The Kier molecular flexibility index (Phi) is 4.74. The number of benzene rings is 1. The Bertz CT molecular complexity index is 563. The molecule has 1 aromatic carbocycles. The standard InChI is InChI=1S/C13H19N3O3S/c14-20(18,19)12-3-1-11(2-4-12)13(17)16-9-10-5-7-15-8-6-10/h1-4,10,15H,5-9H2,(H,16,17)(H2,14,18,19). The van der Waals surface area contributed by atoms with Gasteiger partial charge in [0.1, 0.15) is 0 Å². The summed E-state index contributed by atoms with van der Waals surface area (Å²) in [5.41, 5.74) is 0.436. The molecule has 1 amide bonds. The highest BCUT2D eigenvalue weighted by atomic mass is 32.2. The van der Waals surface area contributed by atoms with Crippen molar-refractivity contribution in [2.24, 2.45) is 11.1 Å². The predicted molar refractivity (Wildman–Crippen MR) is 75.7 cm³/mol. The Morgan fingerprint density at radius 3 is 2.40 bits per heavy atom. The second-order valence-corrected chi connectivity index (χ2v) is 6.53. The van der Waals surface area contributed by atoms with Crippen LogP contribution in [0.5, 0.6) is 0 Å². The van der Waals surface area contributed by atoms with Gasteiger partial charge in [-0.1, -0.05) is 0 Å². The first-order chi connectivity index (χ1) is 9.47. The minimum atomic E-state index is -3.71. The largest absolute Gasteiger partial charge is 0.352 e. The fourth-order valence-corrected chi connectivity index (χ4v) is 2.74. The lowest BCUT2D eigenvalue weighted by Gasteiger charge is -2.22. The zero-order chi connectivity index (χ0) is 14.6. The molecule has 0 radical (unpaired) electrons. The number of piperidine rings is 1. The van der Waals surface area contributed by atoms with Gasteiger partial charge in [-0.05, 0) is 56.1 Å². The number of rotatable bonds is 4. The lowest BCUT2D eigenvalue weighted by molar-refractivity contribution is 0.0944. The van der Waals surface area contributed by atoms with E-state index in [0.717, 1.165) is 25.9 Å². The number of primary sulfonamides is 1. The number of sulfonamides is 1. The lowest BCUT2D eigenvalue weighted by Crippen LogP contribution is -2.35. The lowest BCUT2D eigenvalue weighted by atomic mass is 9.98. The molecule has 0 spiro atoms. The van der Waals surface area contributed by atoms with Crippen molar-refractivity contribution in [3.8, 4) is 0 Å². The Labute approximate surface area is 118 Å². The average molecular weight is 297 g/mol. The maximum atomic E-state index is 11.9. The van der Waals surface area contributed by atoms with Crippen LogP contribution in [0.1, 0.15) is 23.2 Å². The third-order valence-corrected chi connectivity index (χ3v) is 4.38. The van der Waals surface area contributed by atoms with E-state index in [1.165, 1.54) is 24.3 Å². The quantitative estimate of drug-likeness (QED) is 0.731. The van der Waals surface area contributed by atoms with Crippen LogP contribution >= 0.6 is 0 Å². The van der Waals surface area contributed by atoms with Crippen LogP contribution in [0.15, 0.2) is 29.2 Å². The molecule has 0 saturated carbocycles. The molecule has 1 aliphatic rings. The first kappa shape index (κ1) is 15.0. The van der Waals surface area contributed by atoms with Gasteiger partial charge in [-0.3, -0.25) is 4.79 Å². The van der Waals surface area contributed by atoms with Crippen molar-refractivity contribution in [2.75, 3.05) is 19.6 Å². The average Bonchev–Trinajstić information content (AvgIpc) is 2.45. The number of carbonyl (C=O) groups excluding carboxylic acids is 1. The summed E-state index contributed by atoms with van der Waals surface area (Å²) in [6.45, 7) is 2.63. The van der Waals surface area contributed by atoms with Crippen LogP contribution in [0.3, 0.4) is 0 Å².